The third kappa shape index (κ3) is 7.34. The van der Waals surface area contributed by atoms with Crippen LogP contribution in [0.3, 0.4) is 0 Å². The van der Waals surface area contributed by atoms with Crippen LogP contribution in [0.15, 0.2) is 0 Å². The van der Waals surface area contributed by atoms with Gasteiger partial charge in [-0.25, -0.2) is 0 Å². The molecule has 0 fully saturated rings. The van der Waals surface area contributed by atoms with Crippen LogP contribution in [-0.4, -0.2) is 37.1 Å². The Morgan fingerprint density at radius 2 is 1.71 bits per heavy atom. The lowest BCUT2D eigenvalue weighted by Gasteiger charge is -2.25. The summed E-state index contributed by atoms with van der Waals surface area (Å²) in [6, 6.07) is 0.683. The Morgan fingerprint density at radius 1 is 1.00 bits per heavy atom. The molecular formula is C12H28N2. The van der Waals surface area contributed by atoms with E-state index in [2.05, 4.69) is 37.9 Å². The highest BCUT2D eigenvalue weighted by Crippen LogP contribution is 1.98. The average Bonchev–Trinajstić information content (AvgIpc) is 2.15. The number of unbranched alkanes of at least 4 members (excludes halogenated alkanes) is 1. The summed E-state index contributed by atoms with van der Waals surface area (Å²) >= 11 is 0. The molecule has 14 heavy (non-hydrogen) atoms. The first-order valence-corrected chi connectivity index (χ1v) is 6.17. The standard InChI is InChI=1S/C12H28N2/c1-5-7-8-13-9-11-14(10-6-2)12(3)4/h12-13H,5-11H2,1-4H3. The fourth-order valence-corrected chi connectivity index (χ4v) is 1.56. The summed E-state index contributed by atoms with van der Waals surface area (Å²) in [7, 11) is 0. The zero-order valence-corrected chi connectivity index (χ0v) is 10.5. The molecule has 0 rings (SSSR count). The van der Waals surface area contributed by atoms with Gasteiger partial charge in [0.25, 0.3) is 0 Å². The fourth-order valence-electron chi connectivity index (χ4n) is 1.56. The van der Waals surface area contributed by atoms with E-state index in [-0.39, 0.29) is 0 Å². The molecule has 0 saturated heterocycles. The van der Waals surface area contributed by atoms with Crippen LogP contribution in [0.5, 0.6) is 0 Å². The van der Waals surface area contributed by atoms with Crippen molar-refractivity contribution in [1.29, 1.82) is 0 Å². The zero-order valence-electron chi connectivity index (χ0n) is 10.5. The molecule has 0 atom stereocenters. The number of hydrogen-bond donors (Lipinski definition) is 1. The second-order valence-electron chi connectivity index (χ2n) is 4.23. The molecular weight excluding hydrogens is 172 g/mol. The molecule has 0 heterocycles. The predicted molar refractivity (Wildman–Crippen MR) is 64.8 cm³/mol. The molecule has 2 nitrogen and oxygen atoms in total. The summed E-state index contributed by atoms with van der Waals surface area (Å²) in [5.41, 5.74) is 0. The molecule has 0 aromatic carbocycles. The Labute approximate surface area is 90.1 Å². The van der Waals surface area contributed by atoms with Crippen LogP contribution in [0.25, 0.3) is 0 Å². The summed E-state index contributed by atoms with van der Waals surface area (Å²) in [5.74, 6) is 0. The van der Waals surface area contributed by atoms with Crippen LogP contribution >= 0.6 is 0 Å². The van der Waals surface area contributed by atoms with Crippen molar-refractivity contribution in [1.82, 2.24) is 10.2 Å². The highest BCUT2D eigenvalue weighted by molar-refractivity contribution is 4.63. The van der Waals surface area contributed by atoms with Crippen molar-refractivity contribution in [2.45, 2.75) is 53.0 Å². The van der Waals surface area contributed by atoms with Crippen molar-refractivity contribution < 1.29 is 0 Å². The minimum absolute atomic E-state index is 0.683. The first-order valence-electron chi connectivity index (χ1n) is 6.17. The van der Waals surface area contributed by atoms with Gasteiger partial charge in [-0.3, -0.25) is 4.90 Å². The van der Waals surface area contributed by atoms with Crippen LogP contribution in [0, 0.1) is 0 Å². The second-order valence-corrected chi connectivity index (χ2v) is 4.23. The van der Waals surface area contributed by atoms with Crippen LogP contribution in [0.2, 0.25) is 0 Å². The molecule has 0 spiro atoms. The molecule has 0 saturated carbocycles. The Bertz CT molecular complexity index is 113. The van der Waals surface area contributed by atoms with E-state index in [0.717, 1.165) is 6.54 Å². The molecule has 0 aliphatic rings. The molecule has 0 aliphatic carbocycles. The maximum atomic E-state index is 3.49. The van der Waals surface area contributed by atoms with Gasteiger partial charge in [-0.2, -0.15) is 0 Å². The lowest BCUT2D eigenvalue weighted by atomic mass is 10.3. The molecule has 0 aromatic heterocycles. The van der Waals surface area contributed by atoms with Crippen molar-refractivity contribution >= 4 is 0 Å². The molecule has 0 unspecified atom stereocenters. The van der Waals surface area contributed by atoms with Gasteiger partial charge in [-0.05, 0) is 39.8 Å². The molecule has 0 aromatic rings. The zero-order chi connectivity index (χ0) is 10.8. The van der Waals surface area contributed by atoms with E-state index in [0.29, 0.717) is 6.04 Å². The number of nitrogens with one attached hydrogen (secondary N) is 1. The Balaban J connectivity index is 3.41. The molecule has 0 amide bonds. The molecule has 86 valence electrons. The number of rotatable bonds is 9. The van der Waals surface area contributed by atoms with Gasteiger partial charge in [0.05, 0.1) is 0 Å². The first-order chi connectivity index (χ1) is 6.72. The summed E-state index contributed by atoms with van der Waals surface area (Å²) in [6.07, 6.45) is 3.85. The van der Waals surface area contributed by atoms with Crippen molar-refractivity contribution in [3.05, 3.63) is 0 Å². The summed E-state index contributed by atoms with van der Waals surface area (Å²) in [6.45, 7) is 13.8. The topological polar surface area (TPSA) is 15.3 Å². The normalized spacial score (nSPS) is 11.6. The van der Waals surface area contributed by atoms with Crippen LogP contribution in [-0.2, 0) is 0 Å². The van der Waals surface area contributed by atoms with Gasteiger partial charge >= 0.3 is 0 Å². The van der Waals surface area contributed by atoms with E-state index in [1.165, 1.54) is 38.9 Å². The van der Waals surface area contributed by atoms with E-state index in [9.17, 15) is 0 Å². The number of hydrogen-bond acceptors (Lipinski definition) is 2. The Kier molecular flexibility index (Phi) is 9.42. The SMILES string of the molecule is CCCCNCCN(CCC)C(C)C. The average molecular weight is 200 g/mol. The van der Waals surface area contributed by atoms with E-state index in [4.69, 9.17) is 0 Å². The van der Waals surface area contributed by atoms with E-state index >= 15 is 0 Å². The molecule has 0 radical (unpaired) electrons. The van der Waals surface area contributed by atoms with Gasteiger partial charge in [0, 0.05) is 19.1 Å². The third-order valence-electron chi connectivity index (χ3n) is 2.52. The first kappa shape index (κ1) is 13.9. The maximum absolute atomic E-state index is 3.49. The largest absolute Gasteiger partial charge is 0.315 e. The van der Waals surface area contributed by atoms with Gasteiger partial charge in [-0.15, -0.1) is 0 Å². The van der Waals surface area contributed by atoms with Gasteiger partial charge in [-0.1, -0.05) is 20.3 Å². The smallest absolute Gasteiger partial charge is 0.0110 e. The maximum Gasteiger partial charge on any atom is 0.0110 e. The predicted octanol–water partition coefficient (Wildman–Crippen LogP) is 2.50. The molecule has 0 aliphatic heterocycles. The molecule has 0 bridgehead atoms. The van der Waals surface area contributed by atoms with Gasteiger partial charge in [0.2, 0.25) is 0 Å². The Hall–Kier alpha value is -0.0800. The van der Waals surface area contributed by atoms with Gasteiger partial charge < -0.3 is 5.32 Å². The highest BCUT2D eigenvalue weighted by Gasteiger charge is 2.06. The Morgan fingerprint density at radius 3 is 2.21 bits per heavy atom. The minimum Gasteiger partial charge on any atom is -0.315 e. The van der Waals surface area contributed by atoms with Gasteiger partial charge in [0.15, 0.2) is 0 Å². The minimum atomic E-state index is 0.683. The van der Waals surface area contributed by atoms with E-state index in [1.54, 1.807) is 0 Å². The lowest BCUT2D eigenvalue weighted by molar-refractivity contribution is 0.222. The van der Waals surface area contributed by atoms with Crippen molar-refractivity contribution in [3.63, 3.8) is 0 Å². The monoisotopic (exact) mass is 200 g/mol. The van der Waals surface area contributed by atoms with Crippen LogP contribution in [0.4, 0.5) is 0 Å². The van der Waals surface area contributed by atoms with E-state index < -0.39 is 0 Å². The quantitative estimate of drug-likeness (QED) is 0.575. The number of nitrogens with zero attached hydrogens (tertiary/aromatic N) is 1. The van der Waals surface area contributed by atoms with Crippen LogP contribution in [0.1, 0.15) is 47.0 Å². The fraction of sp³-hybridized carbons (Fsp3) is 1.00. The highest BCUT2D eigenvalue weighted by atomic mass is 15.2. The van der Waals surface area contributed by atoms with Gasteiger partial charge in [0.1, 0.15) is 0 Å². The third-order valence-corrected chi connectivity index (χ3v) is 2.52. The summed E-state index contributed by atoms with van der Waals surface area (Å²) < 4.78 is 0. The van der Waals surface area contributed by atoms with E-state index in [1.807, 2.05) is 0 Å². The van der Waals surface area contributed by atoms with Crippen molar-refractivity contribution in [2.24, 2.45) is 0 Å². The van der Waals surface area contributed by atoms with Crippen molar-refractivity contribution in [3.8, 4) is 0 Å². The molecule has 2 heteroatoms. The van der Waals surface area contributed by atoms with Crippen molar-refractivity contribution in [2.75, 3.05) is 26.2 Å². The summed E-state index contributed by atoms with van der Waals surface area (Å²) in [4.78, 5) is 2.54. The van der Waals surface area contributed by atoms with Crippen LogP contribution < -0.4 is 5.32 Å². The lowest BCUT2D eigenvalue weighted by Crippen LogP contribution is -2.37. The molecule has 1 N–H and O–H groups in total. The second kappa shape index (κ2) is 9.47. The summed E-state index contributed by atoms with van der Waals surface area (Å²) in [5, 5.41) is 3.49.